The molecule has 2 nitrogen and oxygen atoms in total. The van der Waals surface area contributed by atoms with Crippen LogP contribution in [0.3, 0.4) is 0 Å². The number of halogens is 5. The largest absolute Gasteiger partial charge is 0.453 e. The number of nitrogens with zero attached hydrogens (tertiary/aromatic N) is 1. The zero-order valence-corrected chi connectivity index (χ0v) is 12.1. The molecule has 1 fully saturated rings. The Bertz CT molecular complexity index is 528. The van der Waals surface area contributed by atoms with Gasteiger partial charge in [0.05, 0.1) is 4.90 Å². The standard InChI is InChI=1S/C13H15F5NOS/c1-2-21-11-5-9(8-3-4-8)7-19(20)10(11)6-12(14,15)13(16,17)18/h5,7-8,20H,2-4,6H2,1H3/q+1. The van der Waals surface area contributed by atoms with Crippen molar-refractivity contribution in [2.75, 3.05) is 5.75 Å². The predicted octanol–water partition coefficient (Wildman–Crippen LogP) is 3.94. The molecular weight excluding hydrogens is 313 g/mol. The van der Waals surface area contributed by atoms with E-state index < -0.39 is 24.2 Å². The summed E-state index contributed by atoms with van der Waals surface area (Å²) in [6, 6.07) is 1.61. The smallest absolute Gasteiger partial charge is 0.285 e. The Balaban J connectivity index is 2.37. The third kappa shape index (κ3) is 3.59. The Hall–Kier alpha value is -1.05. The lowest BCUT2D eigenvalue weighted by Crippen LogP contribution is -2.45. The molecule has 0 spiro atoms. The molecule has 8 heteroatoms. The number of pyridine rings is 1. The van der Waals surface area contributed by atoms with Gasteiger partial charge < -0.3 is 0 Å². The number of alkyl halides is 5. The van der Waals surface area contributed by atoms with E-state index in [0.29, 0.717) is 10.5 Å². The molecule has 0 aromatic carbocycles. The van der Waals surface area contributed by atoms with Crippen LogP contribution in [0.25, 0.3) is 0 Å². The first-order valence-electron chi connectivity index (χ1n) is 6.50. The third-order valence-electron chi connectivity index (χ3n) is 3.28. The SMILES string of the molecule is CCSc1cc(C2CC2)c[n+](O)c1CC(F)(F)C(F)(F)F. The van der Waals surface area contributed by atoms with Crippen LogP contribution in [0.15, 0.2) is 17.2 Å². The molecule has 0 saturated heterocycles. The fourth-order valence-electron chi connectivity index (χ4n) is 2.00. The molecule has 0 radical (unpaired) electrons. The highest BCUT2D eigenvalue weighted by atomic mass is 32.2. The topological polar surface area (TPSA) is 24.1 Å². The second kappa shape index (κ2) is 5.62. The molecule has 1 heterocycles. The molecular formula is C13H15F5NOS+. The molecule has 2 rings (SSSR count). The Morgan fingerprint density at radius 1 is 1.29 bits per heavy atom. The van der Waals surface area contributed by atoms with Crippen molar-refractivity contribution in [3.63, 3.8) is 0 Å². The molecule has 1 aromatic rings. The van der Waals surface area contributed by atoms with Gasteiger partial charge in [0.25, 0.3) is 5.69 Å². The summed E-state index contributed by atoms with van der Waals surface area (Å²) in [7, 11) is 0. The van der Waals surface area contributed by atoms with E-state index in [1.165, 1.54) is 6.20 Å². The number of hydrogen-bond acceptors (Lipinski definition) is 2. The lowest BCUT2D eigenvalue weighted by atomic mass is 10.1. The van der Waals surface area contributed by atoms with Gasteiger partial charge in [-0.1, -0.05) is 6.92 Å². The van der Waals surface area contributed by atoms with Gasteiger partial charge in [0.2, 0.25) is 6.20 Å². The van der Waals surface area contributed by atoms with Crippen LogP contribution < -0.4 is 4.73 Å². The summed E-state index contributed by atoms with van der Waals surface area (Å²) in [6.07, 6.45) is -4.09. The number of aromatic nitrogens is 1. The lowest BCUT2D eigenvalue weighted by Gasteiger charge is -2.18. The van der Waals surface area contributed by atoms with Gasteiger partial charge in [0.15, 0.2) is 0 Å². The second-order valence-electron chi connectivity index (χ2n) is 5.02. The summed E-state index contributed by atoms with van der Waals surface area (Å²) in [5.74, 6) is -4.10. The van der Waals surface area contributed by atoms with Crippen LogP contribution in [0.1, 0.15) is 36.9 Å². The van der Waals surface area contributed by atoms with E-state index in [4.69, 9.17) is 0 Å². The van der Waals surface area contributed by atoms with Crippen LogP contribution in [0.2, 0.25) is 0 Å². The molecule has 0 unspecified atom stereocenters. The van der Waals surface area contributed by atoms with Crippen molar-refractivity contribution in [3.05, 3.63) is 23.5 Å². The van der Waals surface area contributed by atoms with Crippen molar-refractivity contribution in [3.8, 4) is 0 Å². The molecule has 1 aliphatic rings. The molecule has 1 N–H and O–H groups in total. The molecule has 118 valence electrons. The average molecular weight is 328 g/mol. The molecule has 0 aliphatic heterocycles. The van der Waals surface area contributed by atoms with Crippen molar-refractivity contribution in [1.29, 1.82) is 0 Å². The molecule has 0 amide bonds. The number of hydrogen-bond donors (Lipinski definition) is 1. The van der Waals surface area contributed by atoms with Crippen LogP contribution in [-0.2, 0) is 6.42 Å². The van der Waals surface area contributed by atoms with E-state index in [-0.39, 0.29) is 10.8 Å². The van der Waals surface area contributed by atoms with Gasteiger partial charge in [-0.15, -0.1) is 11.8 Å². The van der Waals surface area contributed by atoms with E-state index in [2.05, 4.69) is 0 Å². The third-order valence-corrected chi connectivity index (χ3v) is 4.24. The number of thioether (sulfide) groups is 1. The first kappa shape index (κ1) is 16.3. The molecule has 1 aliphatic carbocycles. The summed E-state index contributed by atoms with van der Waals surface area (Å²) >= 11 is 1.15. The number of rotatable bonds is 5. The zero-order valence-electron chi connectivity index (χ0n) is 11.3. The van der Waals surface area contributed by atoms with Crippen molar-refractivity contribution >= 4 is 11.8 Å². The van der Waals surface area contributed by atoms with Gasteiger partial charge in [0, 0.05) is 10.3 Å². The van der Waals surface area contributed by atoms with Crippen molar-refractivity contribution in [2.24, 2.45) is 0 Å². The van der Waals surface area contributed by atoms with E-state index >= 15 is 0 Å². The van der Waals surface area contributed by atoms with Gasteiger partial charge >= 0.3 is 12.1 Å². The highest BCUT2D eigenvalue weighted by Crippen LogP contribution is 2.42. The van der Waals surface area contributed by atoms with Gasteiger partial charge in [-0.25, -0.2) is 0 Å². The monoisotopic (exact) mass is 328 g/mol. The normalized spacial score (nSPS) is 16.3. The van der Waals surface area contributed by atoms with Crippen LogP contribution >= 0.6 is 11.8 Å². The van der Waals surface area contributed by atoms with Crippen LogP contribution in [0.5, 0.6) is 0 Å². The quantitative estimate of drug-likeness (QED) is 0.383. The Labute approximate surface area is 122 Å². The van der Waals surface area contributed by atoms with Crippen LogP contribution in [-0.4, -0.2) is 23.1 Å². The van der Waals surface area contributed by atoms with Crippen LogP contribution in [0, 0.1) is 0 Å². The minimum Gasteiger partial charge on any atom is -0.285 e. The first-order chi connectivity index (χ1) is 9.65. The zero-order chi connectivity index (χ0) is 15.8. The Morgan fingerprint density at radius 2 is 1.90 bits per heavy atom. The maximum absolute atomic E-state index is 13.2. The van der Waals surface area contributed by atoms with E-state index in [0.717, 1.165) is 30.2 Å². The molecule has 21 heavy (non-hydrogen) atoms. The van der Waals surface area contributed by atoms with E-state index in [1.807, 2.05) is 0 Å². The Kier molecular flexibility index (Phi) is 4.37. The van der Waals surface area contributed by atoms with Crippen molar-refractivity contribution < 1.29 is 31.9 Å². The highest BCUT2D eigenvalue weighted by Gasteiger charge is 2.59. The van der Waals surface area contributed by atoms with Crippen molar-refractivity contribution in [1.82, 2.24) is 0 Å². The van der Waals surface area contributed by atoms with Gasteiger partial charge in [0.1, 0.15) is 6.42 Å². The molecule has 1 aromatic heterocycles. The second-order valence-corrected chi connectivity index (χ2v) is 6.32. The fourth-order valence-corrected chi connectivity index (χ4v) is 2.87. The van der Waals surface area contributed by atoms with Gasteiger partial charge in [-0.3, -0.25) is 5.21 Å². The van der Waals surface area contributed by atoms with E-state index in [1.54, 1.807) is 13.0 Å². The summed E-state index contributed by atoms with van der Waals surface area (Å²) < 4.78 is 63.9. The van der Waals surface area contributed by atoms with E-state index in [9.17, 15) is 27.2 Å². The highest BCUT2D eigenvalue weighted by molar-refractivity contribution is 7.99. The summed E-state index contributed by atoms with van der Waals surface area (Å²) in [5.41, 5.74) is 0.362. The molecule has 0 bridgehead atoms. The van der Waals surface area contributed by atoms with Crippen molar-refractivity contribution in [2.45, 2.75) is 49.1 Å². The average Bonchev–Trinajstić information content (AvgIpc) is 3.16. The van der Waals surface area contributed by atoms with Gasteiger partial charge in [-0.2, -0.15) is 22.0 Å². The van der Waals surface area contributed by atoms with Gasteiger partial charge in [-0.05, 0) is 30.6 Å². The maximum atomic E-state index is 13.2. The minimum absolute atomic E-state index is 0.261. The summed E-state index contributed by atoms with van der Waals surface area (Å²) in [6.45, 7) is 1.77. The molecule has 1 saturated carbocycles. The lowest BCUT2D eigenvalue weighted by molar-refractivity contribution is -0.911. The van der Waals surface area contributed by atoms with Crippen LogP contribution in [0.4, 0.5) is 22.0 Å². The maximum Gasteiger partial charge on any atom is 0.453 e. The summed E-state index contributed by atoms with van der Waals surface area (Å²) in [4.78, 5) is 0.272. The first-order valence-corrected chi connectivity index (χ1v) is 7.49. The fraction of sp³-hybridized carbons (Fsp3) is 0.615. The Morgan fingerprint density at radius 3 is 2.38 bits per heavy atom. The predicted molar refractivity (Wildman–Crippen MR) is 66.9 cm³/mol. The minimum atomic E-state index is -5.64. The molecule has 0 atom stereocenters. The summed E-state index contributed by atoms with van der Waals surface area (Å²) in [5, 5.41) is 9.81.